The van der Waals surface area contributed by atoms with Gasteiger partial charge in [-0.1, -0.05) is 60.1 Å². The maximum absolute atomic E-state index is 14.3. The fraction of sp³-hybridized carbons (Fsp3) is 0.766. The van der Waals surface area contributed by atoms with Crippen LogP contribution in [0.15, 0.2) is 35.5 Å². The molecule has 5 aliphatic carbocycles. The van der Waals surface area contributed by atoms with Crippen LogP contribution in [-0.2, 0) is 30.5 Å². The number of fused-ring (bicyclic) bond motifs is 7. The summed E-state index contributed by atoms with van der Waals surface area (Å²) in [5, 5.41) is 9.64. The number of esters is 1. The zero-order valence-corrected chi connectivity index (χ0v) is 36.4. The van der Waals surface area contributed by atoms with Crippen LogP contribution in [0.2, 0.25) is 0 Å². The van der Waals surface area contributed by atoms with E-state index in [1.165, 1.54) is 5.57 Å². The van der Waals surface area contributed by atoms with E-state index in [2.05, 4.69) is 58.4 Å². The smallest absolute Gasteiger partial charge is 0.309 e. The molecule has 0 bridgehead atoms. The zero-order valence-electron chi connectivity index (χ0n) is 36.4. The average Bonchev–Trinajstić information content (AvgIpc) is 3.41. The third kappa shape index (κ3) is 7.08. The summed E-state index contributed by atoms with van der Waals surface area (Å²) in [6.07, 6.45) is 11.1. The van der Waals surface area contributed by atoms with Crippen molar-refractivity contribution in [2.75, 3.05) is 27.2 Å². The van der Waals surface area contributed by atoms with E-state index >= 15 is 0 Å². The molecule has 0 unspecified atom stereocenters. The Kier molecular flexibility index (Phi) is 11.4. The maximum Gasteiger partial charge on any atom is 0.309 e. The number of aromatic nitrogens is 1. The molecule has 0 spiro atoms. The molecule has 4 fully saturated rings. The predicted molar refractivity (Wildman–Crippen MR) is 218 cm³/mol. The first kappa shape index (κ1) is 42.5. The van der Waals surface area contributed by atoms with Crippen LogP contribution in [0.5, 0.6) is 0 Å². The number of carboxylic acids is 1. The van der Waals surface area contributed by atoms with Gasteiger partial charge in [0, 0.05) is 44.1 Å². The molecule has 0 aliphatic heterocycles. The molecule has 56 heavy (non-hydrogen) atoms. The van der Waals surface area contributed by atoms with Gasteiger partial charge in [-0.2, -0.15) is 0 Å². The summed E-state index contributed by atoms with van der Waals surface area (Å²) in [7, 11) is 3.62. The number of likely N-dealkylation sites (N-methyl/N-ethyl adjacent to an activating group) is 1. The van der Waals surface area contributed by atoms with Gasteiger partial charge >= 0.3 is 11.9 Å². The second-order valence-electron chi connectivity index (χ2n) is 21.3. The SMILES string of the molecule is CC(C)C1=C2[C@H]3CC[C@@H]4[C@@]5(C)CC[C@H](OC(=O)CC(C)(C)C(=O)O)C(C)(C)[C@@H]5CC[C@@]4(C)[C@]3(C)CC[C@@]2(CCN(CC(=O)N(C)C)Cc2ccccn2)CC1=O. The number of carboxylic acid groups (broad SMARTS) is 1. The summed E-state index contributed by atoms with van der Waals surface area (Å²) in [6.45, 7) is 21.5. The number of ether oxygens (including phenoxy) is 1. The number of carbonyl (C=O) groups excluding carboxylic acids is 3. The average molecular weight is 774 g/mol. The number of Topliss-reactive ketones (excluding diaryl/α,β-unsaturated/α-hetero) is 1. The highest BCUT2D eigenvalue weighted by atomic mass is 16.5. The van der Waals surface area contributed by atoms with Gasteiger partial charge in [0.25, 0.3) is 0 Å². The van der Waals surface area contributed by atoms with Crippen LogP contribution in [0.25, 0.3) is 0 Å². The summed E-state index contributed by atoms with van der Waals surface area (Å²) in [6, 6.07) is 5.94. The Labute approximate surface area is 336 Å². The van der Waals surface area contributed by atoms with E-state index in [0.29, 0.717) is 43.0 Å². The Bertz CT molecular complexity index is 1730. The predicted octanol–water partition coefficient (Wildman–Crippen LogP) is 8.76. The van der Waals surface area contributed by atoms with Gasteiger partial charge in [0.2, 0.25) is 5.91 Å². The summed E-state index contributed by atoms with van der Waals surface area (Å²) in [5.41, 5.74) is 2.12. The molecule has 1 amide bonds. The Balaban J connectivity index is 1.27. The van der Waals surface area contributed by atoms with Crippen molar-refractivity contribution in [3.63, 3.8) is 0 Å². The number of aliphatic carboxylic acids is 1. The lowest BCUT2D eigenvalue weighted by Gasteiger charge is -2.72. The van der Waals surface area contributed by atoms with Gasteiger partial charge in [-0.15, -0.1) is 0 Å². The summed E-state index contributed by atoms with van der Waals surface area (Å²) in [4.78, 5) is 60.8. The van der Waals surface area contributed by atoms with Crippen LogP contribution in [0.4, 0.5) is 0 Å². The van der Waals surface area contributed by atoms with Crippen molar-refractivity contribution in [1.29, 1.82) is 0 Å². The van der Waals surface area contributed by atoms with E-state index in [1.807, 2.05) is 38.5 Å². The summed E-state index contributed by atoms with van der Waals surface area (Å²) >= 11 is 0. The van der Waals surface area contributed by atoms with E-state index < -0.39 is 17.4 Å². The van der Waals surface area contributed by atoms with Gasteiger partial charge in [-0.05, 0) is 136 Å². The molecule has 0 saturated heterocycles. The minimum absolute atomic E-state index is 0.0396. The molecule has 1 N–H and O–H groups in total. The van der Waals surface area contributed by atoms with Crippen molar-refractivity contribution in [3.8, 4) is 0 Å². The highest BCUT2D eigenvalue weighted by Gasteiger charge is 2.70. The quantitative estimate of drug-likeness (QED) is 0.210. The van der Waals surface area contributed by atoms with Crippen LogP contribution in [0.3, 0.4) is 0 Å². The van der Waals surface area contributed by atoms with Gasteiger partial charge in [-0.25, -0.2) is 0 Å². The first-order valence-electron chi connectivity index (χ1n) is 21.6. The molecule has 9 nitrogen and oxygen atoms in total. The van der Waals surface area contributed by atoms with E-state index in [9.17, 15) is 24.3 Å². The maximum atomic E-state index is 14.3. The van der Waals surface area contributed by atoms with Crippen LogP contribution in [0, 0.1) is 56.2 Å². The van der Waals surface area contributed by atoms with Gasteiger partial charge in [0.05, 0.1) is 24.1 Å². The number of pyridine rings is 1. The molecular weight excluding hydrogens is 703 g/mol. The number of carbonyl (C=O) groups is 4. The minimum Gasteiger partial charge on any atom is -0.481 e. The fourth-order valence-corrected chi connectivity index (χ4v) is 13.5. The van der Waals surface area contributed by atoms with E-state index in [1.54, 1.807) is 18.7 Å². The molecular formula is C47H71N3O6. The monoisotopic (exact) mass is 774 g/mol. The molecule has 310 valence electrons. The lowest BCUT2D eigenvalue weighted by molar-refractivity contribution is -0.233. The van der Waals surface area contributed by atoms with E-state index in [0.717, 1.165) is 75.6 Å². The molecule has 1 aromatic heterocycles. The molecule has 0 radical (unpaired) electrons. The number of ketones is 1. The molecule has 6 rings (SSSR count). The second kappa shape index (κ2) is 14.9. The highest BCUT2D eigenvalue weighted by Crippen LogP contribution is 2.77. The molecule has 9 heteroatoms. The number of rotatable bonds is 12. The third-order valence-corrected chi connectivity index (χ3v) is 16.8. The number of hydrogen-bond acceptors (Lipinski definition) is 7. The van der Waals surface area contributed by atoms with E-state index in [4.69, 9.17) is 4.74 Å². The number of amides is 1. The van der Waals surface area contributed by atoms with Gasteiger partial charge in [-0.3, -0.25) is 29.1 Å². The molecule has 0 aromatic carbocycles. The minimum atomic E-state index is -1.17. The Morgan fingerprint density at radius 3 is 2.29 bits per heavy atom. The number of allylic oxidation sites excluding steroid dienone is 2. The fourth-order valence-electron chi connectivity index (χ4n) is 13.5. The van der Waals surface area contributed by atoms with Crippen molar-refractivity contribution in [2.45, 2.75) is 146 Å². The Morgan fingerprint density at radius 1 is 0.946 bits per heavy atom. The normalized spacial score (nSPS) is 35.1. The van der Waals surface area contributed by atoms with Crippen LogP contribution < -0.4 is 0 Å². The van der Waals surface area contributed by atoms with E-state index in [-0.39, 0.29) is 51.4 Å². The second-order valence-corrected chi connectivity index (χ2v) is 21.3. The third-order valence-electron chi connectivity index (χ3n) is 16.8. The molecule has 1 aromatic rings. The van der Waals surface area contributed by atoms with Crippen molar-refractivity contribution >= 4 is 23.6 Å². The van der Waals surface area contributed by atoms with Crippen LogP contribution in [0.1, 0.15) is 139 Å². The highest BCUT2D eigenvalue weighted by molar-refractivity contribution is 6.00. The Hall–Kier alpha value is -3.07. The zero-order chi connectivity index (χ0) is 41.2. The van der Waals surface area contributed by atoms with Crippen molar-refractivity contribution in [2.24, 2.45) is 56.2 Å². The van der Waals surface area contributed by atoms with Gasteiger partial charge in [0.15, 0.2) is 5.78 Å². The summed E-state index contributed by atoms with van der Waals surface area (Å²) in [5.74, 6) is 0.407. The van der Waals surface area contributed by atoms with Crippen molar-refractivity contribution in [3.05, 3.63) is 41.2 Å². The largest absolute Gasteiger partial charge is 0.481 e. The first-order chi connectivity index (χ1) is 26.0. The topological polar surface area (TPSA) is 117 Å². The molecule has 1 heterocycles. The molecule has 5 aliphatic rings. The van der Waals surface area contributed by atoms with Gasteiger partial charge in [0.1, 0.15) is 6.10 Å². The molecule has 4 saturated carbocycles. The standard InChI is InChI=1S/C47H71N3O6/c1-30(2)39-33(51)26-47(23-25-50(29-37(52)49(10)11)28-31-14-12-13-24-48-31)22-21-45(8)32(40(39)47)15-16-35-44(7)19-18-36(56-38(53)27-42(3,4)41(54)55)43(5,6)34(44)17-20-46(35,45)9/h12-14,24,30,32,34-36H,15-23,25-29H2,1-11H3,(H,54,55)/t32-,34+,35-,36+,44+,45-,46-,47-/m1/s1. The van der Waals surface area contributed by atoms with Crippen molar-refractivity contribution in [1.82, 2.24) is 14.8 Å². The number of nitrogens with zero attached hydrogens (tertiary/aromatic N) is 3. The van der Waals surface area contributed by atoms with Crippen molar-refractivity contribution < 1.29 is 29.0 Å². The lowest BCUT2D eigenvalue weighted by atomic mass is 9.33. The lowest BCUT2D eigenvalue weighted by Crippen LogP contribution is -2.65. The Morgan fingerprint density at radius 2 is 1.66 bits per heavy atom. The summed E-state index contributed by atoms with van der Waals surface area (Å²) < 4.78 is 6.19. The molecule has 8 atom stereocenters. The van der Waals surface area contributed by atoms with Crippen LogP contribution in [-0.4, -0.2) is 76.8 Å². The van der Waals surface area contributed by atoms with Gasteiger partial charge < -0.3 is 14.7 Å². The van der Waals surface area contributed by atoms with Crippen LogP contribution >= 0.6 is 0 Å². The number of hydrogen-bond donors (Lipinski definition) is 1. The first-order valence-corrected chi connectivity index (χ1v) is 21.6.